The molecule has 4 N–H and O–H groups in total. The van der Waals surface area contributed by atoms with Crippen LogP contribution in [0, 0.1) is 17.8 Å². The Morgan fingerprint density at radius 3 is 2.51 bits per heavy atom. The summed E-state index contributed by atoms with van der Waals surface area (Å²) in [6.45, 7) is 3.28. The second kappa shape index (κ2) is 13.1. The molecule has 1 aliphatic heterocycles. The van der Waals surface area contributed by atoms with Gasteiger partial charge in [-0.1, -0.05) is 13.8 Å². The maximum atomic E-state index is 13.5. The van der Waals surface area contributed by atoms with Crippen LogP contribution in [0.1, 0.15) is 62.7 Å². The number of hydrogen-bond donors (Lipinski definition) is 2. The largest absolute Gasteiger partial charge is 0.370 e. The molecule has 1 aromatic heterocycles. The summed E-state index contributed by atoms with van der Waals surface area (Å²) in [6.07, 6.45) is 4.81. The van der Waals surface area contributed by atoms with Gasteiger partial charge in [0.25, 0.3) is 0 Å². The average molecular weight is 493 g/mol. The van der Waals surface area contributed by atoms with Crippen LogP contribution in [0.15, 0.2) is 17.4 Å². The monoisotopic (exact) mass is 492 g/mol. The Balaban J connectivity index is 2.08. The van der Waals surface area contributed by atoms with Crippen LogP contribution in [-0.2, 0) is 21.4 Å². The number of likely N-dealkylation sites (tertiary alicyclic amines) is 1. The fourth-order valence-electron chi connectivity index (χ4n) is 4.48. The van der Waals surface area contributed by atoms with E-state index in [1.807, 2.05) is 13.8 Å². The number of aryl methyl sites for hydroxylation is 1. The number of nitrogens with zero attached hydrogens (tertiary/aromatic N) is 4. The first-order chi connectivity index (χ1) is 16.5. The van der Waals surface area contributed by atoms with Gasteiger partial charge in [0.15, 0.2) is 23.3 Å². The molecule has 0 spiro atoms. The molecule has 10 nitrogen and oxygen atoms in total. The number of carbonyl (C=O) groups excluding carboxylic acids is 4. The van der Waals surface area contributed by atoms with Crippen molar-refractivity contribution in [3.8, 4) is 0 Å². The number of ketones is 3. The van der Waals surface area contributed by atoms with Crippen molar-refractivity contribution in [2.45, 2.75) is 58.4 Å². The second-order valence-electron chi connectivity index (χ2n) is 9.49. The SMILES string of the molecule is CC(C)[C@H](CC(=O)c1cnn(C)c1)C(=O)N1CCC[C@H]1C(=O)C[C@@H](CCCN=C(N)N)C(=O)CF. The Labute approximate surface area is 205 Å². The molecule has 0 aromatic carbocycles. The summed E-state index contributed by atoms with van der Waals surface area (Å²) in [4.78, 5) is 56.9. The molecule has 35 heavy (non-hydrogen) atoms. The van der Waals surface area contributed by atoms with Crippen LogP contribution in [0.5, 0.6) is 0 Å². The average Bonchev–Trinajstić information content (AvgIpc) is 3.47. The van der Waals surface area contributed by atoms with E-state index in [1.165, 1.54) is 10.9 Å². The van der Waals surface area contributed by atoms with Crippen molar-refractivity contribution in [3.63, 3.8) is 0 Å². The molecule has 194 valence electrons. The minimum atomic E-state index is -1.15. The van der Waals surface area contributed by atoms with Crippen LogP contribution in [-0.4, -0.2) is 69.7 Å². The lowest BCUT2D eigenvalue weighted by atomic mass is 9.87. The van der Waals surface area contributed by atoms with E-state index in [2.05, 4.69) is 10.1 Å². The quantitative estimate of drug-likeness (QED) is 0.172. The smallest absolute Gasteiger partial charge is 0.227 e. The van der Waals surface area contributed by atoms with Crippen LogP contribution < -0.4 is 11.5 Å². The van der Waals surface area contributed by atoms with Crippen LogP contribution in [0.4, 0.5) is 4.39 Å². The summed E-state index contributed by atoms with van der Waals surface area (Å²) in [5.41, 5.74) is 11.0. The van der Waals surface area contributed by atoms with Gasteiger partial charge in [-0.25, -0.2) is 4.39 Å². The van der Waals surface area contributed by atoms with Gasteiger partial charge >= 0.3 is 0 Å². The predicted molar refractivity (Wildman–Crippen MR) is 129 cm³/mol. The third kappa shape index (κ3) is 7.97. The molecule has 0 radical (unpaired) electrons. The third-order valence-corrected chi connectivity index (χ3v) is 6.50. The Morgan fingerprint density at radius 1 is 1.23 bits per heavy atom. The van der Waals surface area contributed by atoms with E-state index >= 15 is 0 Å². The number of nitrogens with two attached hydrogens (primary N) is 2. The van der Waals surface area contributed by atoms with Crippen LogP contribution in [0.2, 0.25) is 0 Å². The van der Waals surface area contributed by atoms with E-state index in [0.717, 1.165) is 0 Å². The standard InChI is InChI=1S/C24H37FN6O4/c1-15(2)18(11-20(32)17-13-29-30(3)14-17)23(35)31-9-5-7-19(31)21(33)10-16(22(34)12-25)6-4-8-28-24(26)27/h13-16,18-19H,4-12H2,1-3H3,(H4,26,27,28)/t16-,18+,19+/m1/s1. The highest BCUT2D eigenvalue weighted by atomic mass is 19.1. The first-order valence-electron chi connectivity index (χ1n) is 12.0. The van der Waals surface area contributed by atoms with Gasteiger partial charge in [-0.3, -0.25) is 28.9 Å². The van der Waals surface area contributed by atoms with Crippen LogP contribution >= 0.6 is 0 Å². The first-order valence-corrected chi connectivity index (χ1v) is 12.0. The van der Waals surface area contributed by atoms with Gasteiger partial charge in [0.2, 0.25) is 5.91 Å². The van der Waals surface area contributed by atoms with E-state index in [4.69, 9.17) is 11.5 Å². The maximum Gasteiger partial charge on any atom is 0.227 e. The molecule has 0 saturated carbocycles. The van der Waals surface area contributed by atoms with Gasteiger partial charge < -0.3 is 16.4 Å². The number of aliphatic imine (C=N–C) groups is 1. The molecule has 0 aliphatic carbocycles. The van der Waals surface area contributed by atoms with Crippen LogP contribution in [0.25, 0.3) is 0 Å². The molecule has 2 heterocycles. The van der Waals surface area contributed by atoms with Gasteiger partial charge in [-0.05, 0) is 31.6 Å². The van der Waals surface area contributed by atoms with E-state index < -0.39 is 30.3 Å². The van der Waals surface area contributed by atoms with Gasteiger partial charge in [-0.2, -0.15) is 5.10 Å². The van der Waals surface area contributed by atoms with E-state index in [1.54, 1.807) is 18.1 Å². The minimum absolute atomic E-state index is 0.0212. The van der Waals surface area contributed by atoms with Crippen molar-refractivity contribution in [2.75, 3.05) is 19.8 Å². The Kier molecular flexibility index (Phi) is 10.5. The maximum absolute atomic E-state index is 13.5. The summed E-state index contributed by atoms with van der Waals surface area (Å²) in [6, 6.07) is -0.676. The summed E-state index contributed by atoms with van der Waals surface area (Å²) >= 11 is 0. The van der Waals surface area contributed by atoms with Gasteiger partial charge in [-0.15, -0.1) is 0 Å². The molecule has 1 fully saturated rings. The second-order valence-corrected chi connectivity index (χ2v) is 9.49. The number of hydrogen-bond acceptors (Lipinski definition) is 6. The zero-order valence-corrected chi connectivity index (χ0v) is 20.8. The molecule has 1 saturated heterocycles. The summed E-state index contributed by atoms with van der Waals surface area (Å²) in [7, 11) is 1.71. The van der Waals surface area contributed by atoms with Gasteiger partial charge in [0.1, 0.15) is 6.67 Å². The number of rotatable bonds is 14. The Bertz CT molecular complexity index is 940. The van der Waals surface area contributed by atoms with Crippen molar-refractivity contribution in [1.29, 1.82) is 0 Å². The summed E-state index contributed by atoms with van der Waals surface area (Å²) in [5.74, 6) is -2.87. The zero-order valence-electron chi connectivity index (χ0n) is 20.8. The van der Waals surface area contributed by atoms with Crippen molar-refractivity contribution in [2.24, 2.45) is 41.3 Å². The van der Waals surface area contributed by atoms with Gasteiger partial charge in [0, 0.05) is 51.0 Å². The topological polar surface area (TPSA) is 154 Å². The minimum Gasteiger partial charge on any atom is -0.370 e. The molecule has 0 bridgehead atoms. The fourth-order valence-corrected chi connectivity index (χ4v) is 4.48. The third-order valence-electron chi connectivity index (χ3n) is 6.50. The number of Topliss-reactive ketones (excluding diaryl/α,β-unsaturated/α-hetero) is 3. The number of carbonyl (C=O) groups is 4. The Morgan fingerprint density at radius 2 is 1.94 bits per heavy atom. The first kappa shape index (κ1) is 28.1. The van der Waals surface area contributed by atoms with E-state index in [0.29, 0.717) is 31.4 Å². The number of aromatic nitrogens is 2. The normalized spacial score (nSPS) is 17.3. The number of guanidine groups is 1. The zero-order chi connectivity index (χ0) is 26.1. The number of alkyl halides is 1. The Hall–Kier alpha value is -3.11. The van der Waals surface area contributed by atoms with Crippen LogP contribution in [0.3, 0.4) is 0 Å². The molecular weight excluding hydrogens is 455 g/mol. The van der Waals surface area contributed by atoms with Gasteiger partial charge in [0.05, 0.1) is 17.8 Å². The predicted octanol–water partition coefficient (Wildman–Crippen LogP) is 1.42. The molecule has 0 unspecified atom stereocenters. The summed E-state index contributed by atoms with van der Waals surface area (Å²) in [5, 5.41) is 4.01. The fraction of sp³-hybridized carbons (Fsp3) is 0.667. The number of halogens is 1. The molecular formula is C24H37FN6O4. The lowest BCUT2D eigenvalue weighted by molar-refractivity contribution is -0.142. The van der Waals surface area contributed by atoms with Crippen molar-refractivity contribution < 1.29 is 23.6 Å². The molecule has 11 heteroatoms. The van der Waals surface area contributed by atoms with Crippen molar-refractivity contribution in [3.05, 3.63) is 18.0 Å². The lowest BCUT2D eigenvalue weighted by Gasteiger charge is -2.30. The number of amides is 1. The summed E-state index contributed by atoms with van der Waals surface area (Å²) < 4.78 is 14.7. The van der Waals surface area contributed by atoms with Crippen molar-refractivity contribution >= 4 is 29.2 Å². The molecule has 1 aliphatic rings. The molecule has 1 aromatic rings. The highest BCUT2D eigenvalue weighted by molar-refractivity contribution is 5.99. The molecule has 2 rings (SSSR count). The molecule has 3 atom stereocenters. The lowest BCUT2D eigenvalue weighted by Crippen LogP contribution is -2.45. The highest BCUT2D eigenvalue weighted by Crippen LogP contribution is 2.28. The van der Waals surface area contributed by atoms with E-state index in [9.17, 15) is 23.6 Å². The van der Waals surface area contributed by atoms with Crippen molar-refractivity contribution in [1.82, 2.24) is 14.7 Å². The van der Waals surface area contributed by atoms with E-state index in [-0.39, 0.29) is 55.2 Å². The molecule has 1 amide bonds. The highest BCUT2D eigenvalue weighted by Gasteiger charge is 2.39.